The number of carboxylic acid groups (broad SMARTS) is 1. The fourth-order valence-electron chi connectivity index (χ4n) is 4.94. The maximum atomic E-state index is 13.7. The Hall–Kier alpha value is -4.19. The van der Waals surface area contributed by atoms with E-state index in [-0.39, 0.29) is 11.8 Å². The van der Waals surface area contributed by atoms with E-state index in [0.29, 0.717) is 6.54 Å². The van der Waals surface area contributed by atoms with Gasteiger partial charge in [0.25, 0.3) is 0 Å². The molecule has 2 N–H and O–H groups in total. The number of carboxylic acids is 1. The summed E-state index contributed by atoms with van der Waals surface area (Å²) in [6.07, 6.45) is 9.69. The van der Waals surface area contributed by atoms with Gasteiger partial charge in [0.05, 0.1) is 18.3 Å². The van der Waals surface area contributed by atoms with Crippen LogP contribution in [0.4, 0.5) is 5.69 Å². The molecule has 0 spiro atoms. The SMILES string of the molecule is O=C(O)C=Cc1cccc(N(Cc2ccc(-c3ccc4[nH]ncc4c3)cc2)C(=O)C2CCCCC2)c1. The van der Waals surface area contributed by atoms with Crippen LogP contribution in [0.1, 0.15) is 43.2 Å². The van der Waals surface area contributed by atoms with Crippen LogP contribution in [0.3, 0.4) is 0 Å². The summed E-state index contributed by atoms with van der Waals surface area (Å²) in [5, 5.41) is 17.1. The van der Waals surface area contributed by atoms with E-state index < -0.39 is 5.97 Å². The van der Waals surface area contributed by atoms with Crippen LogP contribution >= 0.6 is 0 Å². The van der Waals surface area contributed by atoms with Crippen molar-refractivity contribution in [3.8, 4) is 11.1 Å². The fourth-order valence-corrected chi connectivity index (χ4v) is 4.94. The van der Waals surface area contributed by atoms with Gasteiger partial charge in [-0.15, -0.1) is 0 Å². The molecule has 1 aromatic heterocycles. The number of aromatic amines is 1. The number of nitrogens with one attached hydrogen (secondary N) is 1. The molecule has 0 aliphatic heterocycles. The van der Waals surface area contributed by atoms with Crippen LogP contribution in [0, 0.1) is 5.92 Å². The minimum atomic E-state index is -0.998. The summed E-state index contributed by atoms with van der Waals surface area (Å²) in [5.74, 6) is -0.830. The third-order valence-electron chi connectivity index (χ3n) is 6.89. The van der Waals surface area contributed by atoms with Crippen LogP contribution in [0.25, 0.3) is 28.1 Å². The van der Waals surface area contributed by atoms with Crippen molar-refractivity contribution in [3.05, 3.63) is 90.1 Å². The van der Waals surface area contributed by atoms with Gasteiger partial charge < -0.3 is 10.0 Å². The summed E-state index contributed by atoms with van der Waals surface area (Å²) in [6.45, 7) is 0.461. The Morgan fingerprint density at radius 2 is 1.75 bits per heavy atom. The Bertz CT molecular complexity index is 1400. The van der Waals surface area contributed by atoms with Gasteiger partial charge in [-0.25, -0.2) is 4.79 Å². The quantitative estimate of drug-likeness (QED) is 0.299. The number of rotatable bonds is 7. The van der Waals surface area contributed by atoms with E-state index in [1.54, 1.807) is 6.08 Å². The molecular formula is C30H29N3O3. The van der Waals surface area contributed by atoms with Crippen LogP contribution in [0.15, 0.2) is 79.0 Å². The Kier molecular flexibility index (Phi) is 6.94. The number of amides is 1. The molecule has 5 rings (SSSR count). The summed E-state index contributed by atoms with van der Waals surface area (Å²) < 4.78 is 0. The lowest BCUT2D eigenvalue weighted by Gasteiger charge is -2.30. The van der Waals surface area contributed by atoms with E-state index in [2.05, 4.69) is 46.6 Å². The van der Waals surface area contributed by atoms with Crippen LogP contribution in [0.5, 0.6) is 0 Å². The first kappa shape index (κ1) is 23.5. The first-order valence-electron chi connectivity index (χ1n) is 12.4. The molecule has 0 radical (unpaired) electrons. The highest BCUT2D eigenvalue weighted by Gasteiger charge is 2.27. The minimum Gasteiger partial charge on any atom is -0.478 e. The molecule has 6 nitrogen and oxygen atoms in total. The van der Waals surface area contributed by atoms with Crippen molar-refractivity contribution >= 4 is 34.5 Å². The second-order valence-electron chi connectivity index (χ2n) is 9.39. The molecular weight excluding hydrogens is 450 g/mol. The third-order valence-corrected chi connectivity index (χ3v) is 6.89. The van der Waals surface area contributed by atoms with Gasteiger partial charge in [0.1, 0.15) is 0 Å². The zero-order valence-electron chi connectivity index (χ0n) is 20.1. The summed E-state index contributed by atoms with van der Waals surface area (Å²) >= 11 is 0. The lowest BCUT2D eigenvalue weighted by atomic mass is 9.88. The Balaban J connectivity index is 1.42. The molecule has 0 bridgehead atoms. The number of nitrogens with zero attached hydrogens (tertiary/aromatic N) is 2. The summed E-state index contributed by atoms with van der Waals surface area (Å²) in [5.41, 5.74) is 5.80. The Morgan fingerprint density at radius 3 is 2.53 bits per heavy atom. The van der Waals surface area contributed by atoms with E-state index in [9.17, 15) is 9.59 Å². The summed E-state index contributed by atoms with van der Waals surface area (Å²) in [4.78, 5) is 26.5. The van der Waals surface area contributed by atoms with Gasteiger partial charge >= 0.3 is 5.97 Å². The first-order chi connectivity index (χ1) is 17.6. The van der Waals surface area contributed by atoms with Crippen LogP contribution in [-0.4, -0.2) is 27.2 Å². The lowest BCUT2D eigenvalue weighted by Crippen LogP contribution is -2.36. The van der Waals surface area contributed by atoms with Gasteiger partial charge in [-0.3, -0.25) is 9.89 Å². The molecule has 0 unspecified atom stereocenters. The molecule has 1 aliphatic carbocycles. The maximum absolute atomic E-state index is 13.7. The number of carbonyl (C=O) groups excluding carboxylic acids is 1. The molecule has 1 aliphatic rings. The second-order valence-corrected chi connectivity index (χ2v) is 9.39. The molecule has 36 heavy (non-hydrogen) atoms. The topological polar surface area (TPSA) is 86.3 Å². The van der Waals surface area contributed by atoms with E-state index in [1.165, 1.54) is 6.42 Å². The summed E-state index contributed by atoms with van der Waals surface area (Å²) in [6, 6.07) is 22.1. The Morgan fingerprint density at radius 1 is 0.972 bits per heavy atom. The average molecular weight is 480 g/mol. The summed E-state index contributed by atoms with van der Waals surface area (Å²) in [7, 11) is 0. The lowest BCUT2D eigenvalue weighted by molar-refractivity contribution is -0.131. The Labute approximate surface area is 210 Å². The van der Waals surface area contributed by atoms with Crippen molar-refractivity contribution < 1.29 is 14.7 Å². The highest BCUT2D eigenvalue weighted by Crippen LogP contribution is 2.30. The predicted octanol–water partition coefficient (Wildman–Crippen LogP) is 6.44. The predicted molar refractivity (Wildman–Crippen MR) is 142 cm³/mol. The molecule has 1 saturated carbocycles. The molecule has 0 saturated heterocycles. The third kappa shape index (κ3) is 5.38. The minimum absolute atomic E-state index is 0.0259. The van der Waals surface area contributed by atoms with Gasteiger partial charge in [0.15, 0.2) is 0 Å². The standard InChI is InChI=1S/C30H29N3O3/c34-29(35)16-11-21-5-4-8-27(17-21)33(30(36)24-6-2-1-3-7-24)20-22-9-12-23(13-10-22)25-14-15-28-26(18-25)19-31-32-28/h4-5,8-19,24H,1-3,6-7,20H2,(H,31,32)(H,34,35). The smallest absolute Gasteiger partial charge is 0.328 e. The first-order valence-corrected chi connectivity index (χ1v) is 12.4. The number of hydrogen-bond donors (Lipinski definition) is 2. The molecule has 6 heteroatoms. The number of H-pyrrole nitrogens is 1. The average Bonchev–Trinajstić information content (AvgIpc) is 3.39. The molecule has 0 atom stereocenters. The van der Waals surface area contributed by atoms with Crippen molar-refractivity contribution in [1.29, 1.82) is 0 Å². The monoisotopic (exact) mass is 479 g/mol. The van der Waals surface area contributed by atoms with Crippen LogP contribution in [0.2, 0.25) is 0 Å². The number of fused-ring (bicyclic) bond motifs is 1. The number of aliphatic carboxylic acids is 1. The van der Waals surface area contributed by atoms with Crippen LogP contribution < -0.4 is 4.90 Å². The number of hydrogen-bond acceptors (Lipinski definition) is 3. The van der Waals surface area contributed by atoms with E-state index in [4.69, 9.17) is 5.11 Å². The number of benzene rings is 3. The van der Waals surface area contributed by atoms with Crippen LogP contribution in [-0.2, 0) is 16.1 Å². The van der Waals surface area contributed by atoms with Gasteiger partial charge in [0, 0.05) is 23.1 Å². The number of anilines is 1. The van der Waals surface area contributed by atoms with Crippen molar-refractivity contribution in [3.63, 3.8) is 0 Å². The molecule has 1 amide bonds. The highest BCUT2D eigenvalue weighted by molar-refractivity contribution is 5.95. The fraction of sp³-hybridized carbons (Fsp3) is 0.233. The van der Waals surface area contributed by atoms with E-state index >= 15 is 0 Å². The molecule has 3 aromatic carbocycles. The van der Waals surface area contributed by atoms with Crippen molar-refractivity contribution in [2.45, 2.75) is 38.6 Å². The molecule has 1 heterocycles. The van der Waals surface area contributed by atoms with Crippen molar-refractivity contribution in [2.75, 3.05) is 4.90 Å². The zero-order valence-corrected chi connectivity index (χ0v) is 20.1. The zero-order chi connectivity index (χ0) is 24.9. The van der Waals surface area contributed by atoms with Gasteiger partial charge in [0.2, 0.25) is 5.91 Å². The highest BCUT2D eigenvalue weighted by atomic mass is 16.4. The van der Waals surface area contributed by atoms with Gasteiger partial charge in [-0.1, -0.05) is 61.7 Å². The van der Waals surface area contributed by atoms with Gasteiger partial charge in [-0.2, -0.15) is 5.10 Å². The van der Waals surface area contributed by atoms with Crippen molar-refractivity contribution in [2.24, 2.45) is 5.92 Å². The number of aromatic nitrogens is 2. The molecule has 4 aromatic rings. The maximum Gasteiger partial charge on any atom is 0.328 e. The van der Waals surface area contributed by atoms with Crippen molar-refractivity contribution in [1.82, 2.24) is 10.2 Å². The van der Waals surface area contributed by atoms with E-state index in [1.807, 2.05) is 41.4 Å². The van der Waals surface area contributed by atoms with Gasteiger partial charge in [-0.05, 0) is 65.4 Å². The number of carbonyl (C=O) groups is 2. The molecule has 182 valence electrons. The second kappa shape index (κ2) is 10.6. The molecule has 1 fully saturated rings. The normalized spacial score (nSPS) is 14.3. The largest absolute Gasteiger partial charge is 0.478 e. The van der Waals surface area contributed by atoms with E-state index in [0.717, 1.165) is 70.6 Å².